The number of carbonyl (C=O) groups excluding carboxylic acids is 2. The normalized spacial score (nSPS) is 11.7. The van der Waals surface area contributed by atoms with Crippen LogP contribution in [0.15, 0.2) is 46.3 Å². The maximum atomic E-state index is 13.0. The summed E-state index contributed by atoms with van der Waals surface area (Å²) < 4.78 is 0. The van der Waals surface area contributed by atoms with E-state index in [9.17, 15) is 14.4 Å². The van der Waals surface area contributed by atoms with E-state index in [-0.39, 0.29) is 22.7 Å². The van der Waals surface area contributed by atoms with Gasteiger partial charge in [-0.2, -0.15) is 0 Å². The van der Waals surface area contributed by atoms with E-state index in [2.05, 4.69) is 25.8 Å². The number of para-hydroxylation sites is 1. The maximum absolute atomic E-state index is 13.0. The van der Waals surface area contributed by atoms with Gasteiger partial charge in [0.1, 0.15) is 0 Å². The maximum Gasteiger partial charge on any atom is 0.278 e. The highest BCUT2D eigenvalue weighted by Crippen LogP contribution is 2.27. The molecule has 0 aliphatic carbocycles. The third-order valence-corrected chi connectivity index (χ3v) is 6.53. The molecule has 1 atom stereocenters. The Bertz CT molecular complexity index is 1250. The second kappa shape index (κ2) is 11.1. The fourth-order valence-electron chi connectivity index (χ4n) is 3.63. The van der Waals surface area contributed by atoms with E-state index in [1.807, 2.05) is 39.8 Å². The van der Waals surface area contributed by atoms with Gasteiger partial charge in [-0.15, -0.1) is 10.2 Å². The monoisotopic (exact) mass is 479 g/mol. The Labute approximate surface area is 203 Å². The molecule has 3 N–H and O–H groups in total. The molecule has 3 rings (SSSR count). The first-order valence-electron chi connectivity index (χ1n) is 11.1. The van der Waals surface area contributed by atoms with Crippen molar-refractivity contribution in [2.45, 2.75) is 57.9 Å². The number of rotatable bonds is 8. The summed E-state index contributed by atoms with van der Waals surface area (Å²) in [4.78, 5) is 40.4. The van der Waals surface area contributed by atoms with Gasteiger partial charge in [0.25, 0.3) is 5.56 Å². The summed E-state index contributed by atoms with van der Waals surface area (Å²) in [7, 11) is 0. The van der Waals surface area contributed by atoms with Crippen LogP contribution in [-0.2, 0) is 9.59 Å². The Morgan fingerprint density at radius 2 is 1.71 bits per heavy atom. The highest BCUT2D eigenvalue weighted by molar-refractivity contribution is 8.00. The summed E-state index contributed by atoms with van der Waals surface area (Å²) in [6, 6.07) is 11.0. The standard InChI is InChI=1S/C25H29N5O3S/c1-6-19(23(32)27-21-15(4)12-14(3)13-16(21)5)34-25-28-24(33)22(29-30-25)17-10-8-9-11-18(17)26-20(31)7-2/h8-13,19H,6-7H2,1-5H3,(H,26,31)(H,27,32)(H,28,30,33)/t19-/m1/s1. The molecule has 0 radical (unpaired) electrons. The Morgan fingerprint density at radius 1 is 1.03 bits per heavy atom. The molecule has 0 aliphatic heterocycles. The van der Waals surface area contributed by atoms with Crippen LogP contribution in [0.2, 0.25) is 0 Å². The summed E-state index contributed by atoms with van der Waals surface area (Å²) in [6.07, 6.45) is 0.853. The molecule has 34 heavy (non-hydrogen) atoms. The molecule has 1 aromatic heterocycles. The van der Waals surface area contributed by atoms with Crippen molar-refractivity contribution >= 4 is 35.0 Å². The zero-order valence-corrected chi connectivity index (χ0v) is 20.8. The summed E-state index contributed by atoms with van der Waals surface area (Å²) in [5, 5.41) is 13.8. The number of benzene rings is 2. The van der Waals surface area contributed by atoms with Gasteiger partial charge < -0.3 is 10.6 Å². The van der Waals surface area contributed by atoms with E-state index in [1.165, 1.54) is 0 Å². The molecular formula is C25H29N5O3S. The first kappa shape index (κ1) is 25.2. The van der Waals surface area contributed by atoms with Crippen LogP contribution in [0, 0.1) is 20.8 Å². The lowest BCUT2D eigenvalue weighted by Crippen LogP contribution is -2.26. The van der Waals surface area contributed by atoms with Gasteiger partial charge in [-0.05, 0) is 44.4 Å². The molecule has 0 spiro atoms. The molecule has 0 saturated heterocycles. The van der Waals surface area contributed by atoms with E-state index in [4.69, 9.17) is 0 Å². The van der Waals surface area contributed by atoms with Gasteiger partial charge in [-0.25, -0.2) is 0 Å². The molecule has 0 unspecified atom stereocenters. The van der Waals surface area contributed by atoms with Crippen LogP contribution in [0.4, 0.5) is 11.4 Å². The number of H-pyrrole nitrogens is 1. The van der Waals surface area contributed by atoms with Gasteiger partial charge in [-0.3, -0.25) is 19.4 Å². The van der Waals surface area contributed by atoms with Crippen molar-refractivity contribution in [2.24, 2.45) is 0 Å². The molecule has 0 saturated carbocycles. The molecule has 2 amide bonds. The summed E-state index contributed by atoms with van der Waals surface area (Å²) >= 11 is 1.16. The highest BCUT2D eigenvalue weighted by atomic mass is 32.2. The number of aromatic nitrogens is 3. The number of carbonyl (C=O) groups is 2. The van der Waals surface area contributed by atoms with E-state index in [0.717, 1.165) is 34.1 Å². The van der Waals surface area contributed by atoms with Crippen molar-refractivity contribution < 1.29 is 9.59 Å². The third-order valence-electron chi connectivity index (χ3n) is 5.30. The number of thioether (sulfide) groups is 1. The largest absolute Gasteiger partial charge is 0.325 e. The zero-order valence-electron chi connectivity index (χ0n) is 20.0. The fraction of sp³-hybridized carbons (Fsp3) is 0.320. The average Bonchev–Trinajstić information content (AvgIpc) is 2.80. The van der Waals surface area contributed by atoms with Gasteiger partial charge in [0, 0.05) is 17.7 Å². The molecule has 0 fully saturated rings. The number of amides is 2. The van der Waals surface area contributed by atoms with Gasteiger partial charge in [0.15, 0.2) is 10.9 Å². The highest BCUT2D eigenvalue weighted by Gasteiger charge is 2.22. The van der Waals surface area contributed by atoms with Crippen LogP contribution < -0.4 is 16.2 Å². The fourth-order valence-corrected chi connectivity index (χ4v) is 4.47. The van der Waals surface area contributed by atoms with Crippen LogP contribution in [0.25, 0.3) is 11.3 Å². The molecule has 0 bridgehead atoms. The summed E-state index contributed by atoms with van der Waals surface area (Å²) in [6.45, 7) is 9.60. The molecule has 178 valence electrons. The minimum Gasteiger partial charge on any atom is -0.325 e. The van der Waals surface area contributed by atoms with Crippen LogP contribution in [-0.4, -0.2) is 32.2 Å². The van der Waals surface area contributed by atoms with Gasteiger partial charge >= 0.3 is 0 Å². The topological polar surface area (TPSA) is 117 Å². The van der Waals surface area contributed by atoms with Crippen LogP contribution in [0.1, 0.15) is 43.4 Å². The number of nitrogens with one attached hydrogen (secondary N) is 3. The van der Waals surface area contributed by atoms with Crippen molar-refractivity contribution in [3.05, 3.63) is 63.4 Å². The number of nitrogens with zero attached hydrogens (tertiary/aromatic N) is 2. The second-order valence-corrected chi connectivity index (χ2v) is 9.22. The first-order chi connectivity index (χ1) is 16.2. The van der Waals surface area contributed by atoms with E-state index in [0.29, 0.717) is 24.1 Å². The van der Waals surface area contributed by atoms with Gasteiger partial charge in [0.05, 0.1) is 10.9 Å². The predicted molar refractivity (Wildman–Crippen MR) is 136 cm³/mol. The minimum absolute atomic E-state index is 0.0970. The molecule has 8 nitrogen and oxygen atoms in total. The van der Waals surface area contributed by atoms with Crippen molar-refractivity contribution in [1.82, 2.24) is 15.2 Å². The molecule has 2 aromatic carbocycles. The molecular weight excluding hydrogens is 450 g/mol. The van der Waals surface area contributed by atoms with Crippen LogP contribution >= 0.6 is 11.8 Å². The Kier molecular flexibility index (Phi) is 8.22. The number of hydrogen-bond acceptors (Lipinski definition) is 6. The lowest BCUT2D eigenvalue weighted by atomic mass is 10.0. The summed E-state index contributed by atoms with van der Waals surface area (Å²) in [5.74, 6) is -0.332. The minimum atomic E-state index is -0.466. The lowest BCUT2D eigenvalue weighted by Gasteiger charge is -2.17. The van der Waals surface area contributed by atoms with E-state index in [1.54, 1.807) is 31.2 Å². The van der Waals surface area contributed by atoms with Gasteiger partial charge in [0.2, 0.25) is 11.8 Å². The predicted octanol–water partition coefficient (Wildman–Crippen LogP) is 4.62. The lowest BCUT2D eigenvalue weighted by molar-refractivity contribution is -0.116. The molecule has 1 heterocycles. The van der Waals surface area contributed by atoms with Crippen LogP contribution in [0.5, 0.6) is 0 Å². The van der Waals surface area contributed by atoms with Crippen molar-refractivity contribution in [2.75, 3.05) is 10.6 Å². The van der Waals surface area contributed by atoms with Gasteiger partial charge in [-0.1, -0.05) is 61.5 Å². The first-order valence-corrected chi connectivity index (χ1v) is 12.0. The third kappa shape index (κ3) is 5.91. The molecule has 0 aliphatic rings. The molecule has 9 heteroatoms. The smallest absolute Gasteiger partial charge is 0.278 e. The van der Waals surface area contributed by atoms with Crippen LogP contribution in [0.3, 0.4) is 0 Å². The number of anilines is 2. The van der Waals surface area contributed by atoms with Crippen molar-refractivity contribution in [1.29, 1.82) is 0 Å². The molecule has 3 aromatic rings. The average molecular weight is 480 g/mol. The number of aromatic amines is 1. The number of aryl methyl sites for hydroxylation is 3. The van der Waals surface area contributed by atoms with Crippen molar-refractivity contribution in [3.63, 3.8) is 0 Å². The van der Waals surface area contributed by atoms with E-state index >= 15 is 0 Å². The zero-order chi connectivity index (χ0) is 24.8. The van der Waals surface area contributed by atoms with E-state index < -0.39 is 10.8 Å². The van der Waals surface area contributed by atoms with Crippen molar-refractivity contribution in [3.8, 4) is 11.3 Å². The number of hydrogen-bond donors (Lipinski definition) is 3. The Hall–Kier alpha value is -3.46. The quantitative estimate of drug-likeness (QED) is 0.406. The summed E-state index contributed by atoms with van der Waals surface area (Å²) in [5.41, 5.74) is 4.55. The second-order valence-electron chi connectivity index (χ2n) is 8.03. The Morgan fingerprint density at radius 3 is 2.32 bits per heavy atom. The SMILES string of the molecule is CCC(=O)Nc1ccccc1-c1nnc(S[C@H](CC)C(=O)Nc2c(C)cc(C)cc2C)[nH]c1=O. The Balaban J connectivity index is 1.81.